The first-order valence-electron chi connectivity index (χ1n) is 8.03. The number of anilines is 2. The van der Waals surface area contributed by atoms with Gasteiger partial charge in [0.1, 0.15) is 5.82 Å². The van der Waals surface area contributed by atoms with Crippen LogP contribution in [0.2, 0.25) is 0 Å². The first-order chi connectivity index (χ1) is 11.6. The van der Waals surface area contributed by atoms with Gasteiger partial charge in [-0.05, 0) is 36.2 Å². The lowest BCUT2D eigenvalue weighted by Crippen LogP contribution is -2.28. The quantitative estimate of drug-likeness (QED) is 0.936. The number of para-hydroxylation sites is 1. The Morgan fingerprint density at radius 2 is 2.04 bits per heavy atom. The Labute approximate surface area is 140 Å². The minimum Gasteiger partial charge on any atom is -0.326 e. The lowest BCUT2D eigenvalue weighted by atomic mass is 10.1. The number of nitrogens with zero attached hydrogens (tertiary/aromatic N) is 1. The van der Waals surface area contributed by atoms with Crippen LogP contribution in [-0.2, 0) is 16.0 Å². The molecule has 1 fully saturated rings. The zero-order valence-corrected chi connectivity index (χ0v) is 13.5. The normalized spacial score (nSPS) is 17.2. The van der Waals surface area contributed by atoms with E-state index in [1.807, 2.05) is 31.2 Å². The van der Waals surface area contributed by atoms with Crippen molar-refractivity contribution in [1.29, 1.82) is 0 Å². The fourth-order valence-corrected chi connectivity index (χ4v) is 2.90. The van der Waals surface area contributed by atoms with Crippen LogP contribution in [0.15, 0.2) is 48.5 Å². The summed E-state index contributed by atoms with van der Waals surface area (Å²) in [7, 11) is 0. The van der Waals surface area contributed by atoms with Gasteiger partial charge in [-0.3, -0.25) is 9.59 Å². The molecule has 0 saturated carbocycles. The number of carbonyl (C=O) groups is 2. The maximum Gasteiger partial charge on any atom is 0.229 e. The molecule has 1 heterocycles. The molecule has 0 spiro atoms. The number of amides is 2. The number of nitrogens with one attached hydrogen (secondary N) is 1. The summed E-state index contributed by atoms with van der Waals surface area (Å²) in [5.74, 6) is -1.39. The minimum absolute atomic E-state index is 0.0909. The standard InChI is InChI=1S/C19H19FN2O2/c1-2-13-6-5-7-15(10-13)21-19(24)14-11-18(23)22(12-14)17-9-4-3-8-16(17)20/h3-10,14H,2,11-12H2,1H3,(H,21,24)/t14-/m1/s1. The molecular formula is C19H19FN2O2. The highest BCUT2D eigenvalue weighted by molar-refractivity contribution is 6.03. The maximum absolute atomic E-state index is 13.9. The molecule has 4 nitrogen and oxygen atoms in total. The zero-order valence-electron chi connectivity index (χ0n) is 13.5. The predicted molar refractivity (Wildman–Crippen MR) is 91.3 cm³/mol. The predicted octanol–water partition coefficient (Wildman–Crippen LogP) is 3.38. The van der Waals surface area contributed by atoms with E-state index in [-0.39, 0.29) is 30.5 Å². The van der Waals surface area contributed by atoms with Crippen LogP contribution in [0.3, 0.4) is 0 Å². The third kappa shape index (κ3) is 3.30. The fraction of sp³-hybridized carbons (Fsp3) is 0.263. The molecule has 3 rings (SSSR count). The van der Waals surface area contributed by atoms with Gasteiger partial charge in [0.2, 0.25) is 11.8 Å². The zero-order chi connectivity index (χ0) is 17.1. The number of benzene rings is 2. The van der Waals surface area contributed by atoms with Gasteiger partial charge in [-0.2, -0.15) is 0 Å². The number of hydrogen-bond acceptors (Lipinski definition) is 2. The SMILES string of the molecule is CCc1cccc(NC(=O)[C@@H]2CC(=O)N(c3ccccc3F)C2)c1. The molecule has 0 unspecified atom stereocenters. The second kappa shape index (κ2) is 6.83. The molecule has 2 aromatic carbocycles. The van der Waals surface area contributed by atoms with Crippen molar-refractivity contribution >= 4 is 23.2 Å². The molecular weight excluding hydrogens is 307 g/mol. The van der Waals surface area contributed by atoms with Crippen LogP contribution in [0.4, 0.5) is 15.8 Å². The molecule has 124 valence electrons. The van der Waals surface area contributed by atoms with Crippen molar-refractivity contribution in [2.24, 2.45) is 5.92 Å². The summed E-state index contributed by atoms with van der Waals surface area (Å²) in [4.78, 5) is 26.0. The summed E-state index contributed by atoms with van der Waals surface area (Å²) < 4.78 is 13.9. The van der Waals surface area contributed by atoms with E-state index in [2.05, 4.69) is 5.32 Å². The molecule has 0 bridgehead atoms. The Morgan fingerprint density at radius 1 is 1.25 bits per heavy atom. The van der Waals surface area contributed by atoms with Crippen LogP contribution in [0.25, 0.3) is 0 Å². The molecule has 0 aliphatic carbocycles. The van der Waals surface area contributed by atoms with Crippen LogP contribution >= 0.6 is 0 Å². The van der Waals surface area contributed by atoms with Crippen molar-refractivity contribution in [2.75, 3.05) is 16.8 Å². The number of halogens is 1. The summed E-state index contributed by atoms with van der Waals surface area (Å²) in [5, 5.41) is 2.85. The summed E-state index contributed by atoms with van der Waals surface area (Å²) in [5.41, 5.74) is 2.07. The van der Waals surface area contributed by atoms with Gasteiger partial charge in [0, 0.05) is 18.7 Å². The number of hydrogen-bond donors (Lipinski definition) is 1. The van der Waals surface area contributed by atoms with Crippen molar-refractivity contribution in [1.82, 2.24) is 0 Å². The van der Waals surface area contributed by atoms with E-state index < -0.39 is 11.7 Å². The summed E-state index contributed by atoms with van der Waals surface area (Å²) >= 11 is 0. The summed E-state index contributed by atoms with van der Waals surface area (Å²) in [6.45, 7) is 2.24. The van der Waals surface area contributed by atoms with E-state index in [0.717, 1.165) is 17.7 Å². The van der Waals surface area contributed by atoms with Gasteiger partial charge in [-0.1, -0.05) is 31.2 Å². The van der Waals surface area contributed by atoms with E-state index in [4.69, 9.17) is 0 Å². The molecule has 2 aromatic rings. The monoisotopic (exact) mass is 326 g/mol. The Balaban J connectivity index is 1.71. The first-order valence-corrected chi connectivity index (χ1v) is 8.03. The van der Waals surface area contributed by atoms with Crippen LogP contribution in [0.5, 0.6) is 0 Å². The van der Waals surface area contributed by atoms with Crippen molar-refractivity contribution in [3.63, 3.8) is 0 Å². The van der Waals surface area contributed by atoms with Crippen molar-refractivity contribution in [3.05, 3.63) is 59.9 Å². The number of aryl methyl sites for hydroxylation is 1. The molecule has 2 amide bonds. The largest absolute Gasteiger partial charge is 0.326 e. The van der Waals surface area contributed by atoms with Gasteiger partial charge in [-0.15, -0.1) is 0 Å². The molecule has 1 atom stereocenters. The summed E-state index contributed by atoms with van der Waals surface area (Å²) in [6.07, 6.45) is 0.973. The Hall–Kier alpha value is -2.69. The minimum atomic E-state index is -0.484. The average Bonchev–Trinajstić information content (AvgIpc) is 2.97. The average molecular weight is 326 g/mol. The van der Waals surface area contributed by atoms with E-state index in [1.165, 1.54) is 11.0 Å². The smallest absolute Gasteiger partial charge is 0.229 e. The highest BCUT2D eigenvalue weighted by Crippen LogP contribution is 2.28. The number of rotatable bonds is 4. The second-order valence-corrected chi connectivity index (χ2v) is 5.90. The molecule has 0 aromatic heterocycles. The topological polar surface area (TPSA) is 49.4 Å². The second-order valence-electron chi connectivity index (χ2n) is 5.90. The van der Waals surface area contributed by atoms with Gasteiger partial charge >= 0.3 is 0 Å². The van der Waals surface area contributed by atoms with E-state index in [0.29, 0.717) is 0 Å². The third-order valence-electron chi connectivity index (χ3n) is 4.24. The lowest BCUT2D eigenvalue weighted by Gasteiger charge is -2.17. The molecule has 5 heteroatoms. The van der Waals surface area contributed by atoms with Crippen LogP contribution in [0.1, 0.15) is 18.9 Å². The van der Waals surface area contributed by atoms with Gasteiger partial charge < -0.3 is 10.2 Å². The van der Waals surface area contributed by atoms with Crippen molar-refractivity contribution < 1.29 is 14.0 Å². The summed E-state index contributed by atoms with van der Waals surface area (Å²) in [6, 6.07) is 13.7. The Kier molecular flexibility index (Phi) is 4.60. The number of carbonyl (C=O) groups excluding carboxylic acids is 2. The first kappa shape index (κ1) is 16.2. The van der Waals surface area contributed by atoms with E-state index in [9.17, 15) is 14.0 Å². The van der Waals surface area contributed by atoms with E-state index >= 15 is 0 Å². The maximum atomic E-state index is 13.9. The highest BCUT2D eigenvalue weighted by Gasteiger charge is 2.36. The highest BCUT2D eigenvalue weighted by atomic mass is 19.1. The van der Waals surface area contributed by atoms with Gasteiger partial charge in [0.25, 0.3) is 0 Å². The van der Waals surface area contributed by atoms with Crippen molar-refractivity contribution in [3.8, 4) is 0 Å². The van der Waals surface area contributed by atoms with E-state index in [1.54, 1.807) is 18.2 Å². The van der Waals surface area contributed by atoms with Gasteiger partial charge in [0.15, 0.2) is 0 Å². The molecule has 1 aliphatic rings. The van der Waals surface area contributed by atoms with Crippen LogP contribution in [-0.4, -0.2) is 18.4 Å². The van der Waals surface area contributed by atoms with Gasteiger partial charge in [0.05, 0.1) is 11.6 Å². The Bertz CT molecular complexity index is 775. The molecule has 1 saturated heterocycles. The van der Waals surface area contributed by atoms with Crippen molar-refractivity contribution in [2.45, 2.75) is 19.8 Å². The third-order valence-corrected chi connectivity index (χ3v) is 4.24. The Morgan fingerprint density at radius 3 is 2.79 bits per heavy atom. The molecule has 1 N–H and O–H groups in total. The lowest BCUT2D eigenvalue weighted by molar-refractivity contribution is -0.122. The van der Waals surface area contributed by atoms with Crippen LogP contribution < -0.4 is 10.2 Å². The molecule has 1 aliphatic heterocycles. The van der Waals surface area contributed by atoms with Crippen LogP contribution in [0, 0.1) is 11.7 Å². The molecule has 0 radical (unpaired) electrons. The van der Waals surface area contributed by atoms with Gasteiger partial charge in [-0.25, -0.2) is 4.39 Å². The molecule has 24 heavy (non-hydrogen) atoms. The fourth-order valence-electron chi connectivity index (χ4n) is 2.90.